The predicted molar refractivity (Wildman–Crippen MR) is 288 cm³/mol. The summed E-state index contributed by atoms with van der Waals surface area (Å²) in [6.07, 6.45) is 16.4. The first-order valence-corrected chi connectivity index (χ1v) is 26.1. The summed E-state index contributed by atoms with van der Waals surface area (Å²) in [6.45, 7) is 12.8. The molecule has 0 aromatic carbocycles. The molecule has 3 N–H and O–H groups in total. The molecule has 6 fully saturated rings. The van der Waals surface area contributed by atoms with E-state index in [2.05, 4.69) is 90.2 Å². The number of halogens is 1. The van der Waals surface area contributed by atoms with Gasteiger partial charge in [-0.2, -0.15) is 30.9 Å². The lowest BCUT2D eigenvalue weighted by molar-refractivity contribution is -0.00880. The minimum Gasteiger partial charge on any atom is -0.489 e. The zero-order valence-electron chi connectivity index (χ0n) is 43.7. The number of nitriles is 2. The number of aliphatic hydroxyl groups is 2. The number of piperazine rings is 2. The summed E-state index contributed by atoms with van der Waals surface area (Å²) < 4.78 is 27.3. The van der Waals surface area contributed by atoms with Gasteiger partial charge < -0.3 is 39.0 Å². The fourth-order valence-electron chi connectivity index (χ4n) is 10.1. The highest BCUT2D eigenvalue weighted by Gasteiger charge is 2.46. The minimum absolute atomic E-state index is 0.119. The van der Waals surface area contributed by atoms with Gasteiger partial charge in [-0.3, -0.25) is 14.9 Å². The van der Waals surface area contributed by atoms with E-state index in [0.717, 1.165) is 55.4 Å². The summed E-state index contributed by atoms with van der Waals surface area (Å²) in [5.41, 5.74) is 3.54. The molecule has 6 aliphatic rings. The fraction of sp³-hybridized carbons (Fsp3) is 0.407. The van der Waals surface area contributed by atoms with Gasteiger partial charge in [-0.15, -0.1) is 0 Å². The molecule has 6 aliphatic heterocycles. The van der Waals surface area contributed by atoms with Crippen LogP contribution in [-0.4, -0.2) is 158 Å². The number of rotatable bonds is 15. The number of hydrogen-bond donors (Lipinski definition) is 3. The number of methoxy groups -OCH3 is 2. The molecular weight excluding hydrogens is 1050 g/mol. The summed E-state index contributed by atoms with van der Waals surface area (Å²) >= 11 is 3.38. The van der Waals surface area contributed by atoms with Crippen molar-refractivity contribution in [2.75, 3.05) is 63.4 Å². The van der Waals surface area contributed by atoms with Crippen LogP contribution in [0.1, 0.15) is 62.8 Å². The van der Waals surface area contributed by atoms with Crippen molar-refractivity contribution in [3.63, 3.8) is 0 Å². The van der Waals surface area contributed by atoms with E-state index in [1.165, 1.54) is 36.4 Å². The average Bonchev–Trinajstić information content (AvgIpc) is 4.31. The van der Waals surface area contributed by atoms with Crippen LogP contribution in [0.5, 0.6) is 23.3 Å². The van der Waals surface area contributed by atoms with E-state index in [0.29, 0.717) is 75.3 Å². The third kappa shape index (κ3) is 11.9. The van der Waals surface area contributed by atoms with Gasteiger partial charge in [0.25, 0.3) is 0 Å². The van der Waals surface area contributed by atoms with Gasteiger partial charge in [0.05, 0.1) is 78.7 Å². The largest absolute Gasteiger partial charge is 0.489 e. The van der Waals surface area contributed by atoms with Crippen LogP contribution in [0.15, 0.2) is 103 Å². The number of aromatic amines is 1. The van der Waals surface area contributed by atoms with E-state index >= 15 is 0 Å². The Hall–Kier alpha value is -7.80. The first-order valence-electron chi connectivity index (χ1n) is 25.3. The zero-order chi connectivity index (χ0) is 54.0. The second-order valence-corrected chi connectivity index (χ2v) is 21.8. The molecule has 8 aromatic heterocycles. The van der Waals surface area contributed by atoms with Crippen molar-refractivity contribution in [3.05, 3.63) is 125 Å². The number of aromatic nitrogens is 10. The van der Waals surface area contributed by atoms with Crippen LogP contribution in [0.25, 0.3) is 16.7 Å². The Labute approximate surface area is 453 Å². The summed E-state index contributed by atoms with van der Waals surface area (Å²) in [6, 6.07) is 22.1. The van der Waals surface area contributed by atoms with E-state index in [1.807, 2.05) is 55.1 Å². The van der Waals surface area contributed by atoms with Gasteiger partial charge >= 0.3 is 0 Å². The normalized spacial score (nSPS) is 18.9. The molecule has 0 amide bonds. The molecule has 4 bridgehead atoms. The van der Waals surface area contributed by atoms with Gasteiger partial charge in [0, 0.05) is 117 Å². The number of H-pyrrole nitrogens is 1. The standard InChI is InChI=1S/C27H30N8O3.C15H19N5O.C12H12BrN3O2/c1-27(2,36)17-38-22-9-23(26-19(10-28)12-30-35(26)16-22)34-7-6-24(31-34)32-14-20-8-21(15-32)33(20)13-18-4-5-25(37-3)29-11-18;1-21-15-3-2-11(7-16-15)8-20-12-6-13(20)10-19(9-12)14-4-5-17-18-14;1-12(2,17)7-18-9-3-10(13)11-8(4-14)5-15-16(11)6-9/h4-7,9,11-12,16,20-21,36H,8,13-15,17H2,1-3H3;2-5,7,12-13H,6,8-10H2,1H3,(H,17,18);3,5-6,17H,7H2,1-2H3. The number of nitrogens with one attached hydrogen (secondary N) is 1. The van der Waals surface area contributed by atoms with E-state index in [-0.39, 0.29) is 13.2 Å². The van der Waals surface area contributed by atoms with Gasteiger partial charge in [0.2, 0.25) is 11.8 Å². The van der Waals surface area contributed by atoms with Crippen molar-refractivity contribution in [1.82, 2.24) is 59.0 Å². The van der Waals surface area contributed by atoms with Gasteiger partial charge in [0.15, 0.2) is 5.82 Å². The number of ether oxygens (including phenoxy) is 4. The Bertz CT molecular complexity index is 3370. The zero-order valence-corrected chi connectivity index (χ0v) is 45.3. The van der Waals surface area contributed by atoms with E-state index in [9.17, 15) is 15.5 Å². The number of fused-ring (bicyclic) bond motifs is 6. The van der Waals surface area contributed by atoms with Crippen molar-refractivity contribution >= 4 is 38.6 Å². The van der Waals surface area contributed by atoms with Gasteiger partial charge in [-0.25, -0.2) is 23.7 Å². The van der Waals surface area contributed by atoms with Gasteiger partial charge in [0.1, 0.15) is 48.2 Å². The predicted octanol–water partition coefficient (Wildman–Crippen LogP) is 5.80. The van der Waals surface area contributed by atoms with Gasteiger partial charge in [-0.1, -0.05) is 12.1 Å². The third-order valence-electron chi connectivity index (χ3n) is 13.9. The van der Waals surface area contributed by atoms with Crippen molar-refractivity contribution in [3.8, 4) is 41.1 Å². The van der Waals surface area contributed by atoms with Crippen LogP contribution < -0.4 is 28.7 Å². The molecule has 400 valence electrons. The fourth-order valence-corrected chi connectivity index (χ4v) is 10.8. The molecule has 22 nitrogen and oxygen atoms in total. The highest BCUT2D eigenvalue weighted by molar-refractivity contribution is 9.10. The summed E-state index contributed by atoms with van der Waals surface area (Å²) in [7, 11) is 3.27. The van der Waals surface area contributed by atoms with Gasteiger partial charge in [-0.05, 0) is 73.7 Å². The number of hydrogen-bond acceptors (Lipinski definition) is 18. The van der Waals surface area contributed by atoms with Crippen molar-refractivity contribution in [1.29, 1.82) is 10.5 Å². The molecule has 8 aromatic rings. The number of nitrogens with zero attached hydrogens (tertiary/aromatic N) is 15. The molecule has 0 saturated carbocycles. The molecule has 4 atom stereocenters. The maximum Gasteiger partial charge on any atom is 0.212 e. The minimum atomic E-state index is -0.983. The SMILES string of the molecule is CC(C)(O)COc1cc(Br)c2c(C#N)cnn2c1.COc1ccc(CN2C3CC2CN(c2ccn(-c4cc(OCC(C)(C)O)cn5ncc(C#N)c45)n2)C3)cn1.COc1ccc(CN2C3CC2CN(c2ccn[nH]2)C3)cn1. The second-order valence-electron chi connectivity index (χ2n) is 20.9. The molecule has 77 heavy (non-hydrogen) atoms. The average molecular weight is 1110 g/mol. The molecule has 14 heterocycles. The Kier molecular flexibility index (Phi) is 15.1. The summed E-state index contributed by atoms with van der Waals surface area (Å²) in [4.78, 5) is 18.5. The lowest BCUT2D eigenvalue weighted by Gasteiger charge is -2.56. The maximum atomic E-state index is 10.1. The highest BCUT2D eigenvalue weighted by Crippen LogP contribution is 2.37. The Morgan fingerprint density at radius 1 is 0.688 bits per heavy atom. The summed E-state index contributed by atoms with van der Waals surface area (Å²) in [5, 5.41) is 58.7. The van der Waals surface area contributed by atoms with Crippen LogP contribution in [0.2, 0.25) is 0 Å². The number of piperidine rings is 2. The first kappa shape index (κ1) is 52.6. The van der Waals surface area contributed by atoms with Crippen LogP contribution in [0.3, 0.4) is 0 Å². The molecule has 14 rings (SSSR count). The quantitative estimate of drug-likeness (QED) is 0.110. The Morgan fingerprint density at radius 3 is 1.69 bits per heavy atom. The van der Waals surface area contributed by atoms with Crippen LogP contribution in [0, 0.1) is 22.7 Å². The topological polar surface area (TPSA) is 245 Å². The second kappa shape index (κ2) is 22.0. The molecule has 4 unspecified atom stereocenters. The van der Waals surface area contributed by atoms with Crippen molar-refractivity contribution < 1.29 is 29.2 Å². The lowest BCUT2D eigenvalue weighted by atomic mass is 9.87. The number of anilines is 2. The molecule has 0 aliphatic carbocycles. The van der Waals surface area contributed by atoms with E-state index in [1.54, 1.807) is 74.1 Å². The van der Waals surface area contributed by atoms with Crippen LogP contribution in [0.4, 0.5) is 11.6 Å². The monoisotopic (exact) mass is 1110 g/mol. The van der Waals surface area contributed by atoms with Crippen LogP contribution in [-0.2, 0) is 13.1 Å². The van der Waals surface area contributed by atoms with Crippen molar-refractivity contribution in [2.45, 2.75) is 89.0 Å². The van der Waals surface area contributed by atoms with Crippen LogP contribution >= 0.6 is 15.9 Å². The highest BCUT2D eigenvalue weighted by atomic mass is 79.9. The molecule has 6 saturated heterocycles. The molecule has 23 heteroatoms. The summed E-state index contributed by atoms with van der Waals surface area (Å²) in [5.74, 6) is 4.43. The molecular formula is C54H61BrN16O6. The molecule has 0 radical (unpaired) electrons. The lowest BCUT2D eigenvalue weighted by Crippen LogP contribution is -2.68. The molecule has 0 spiro atoms. The maximum absolute atomic E-state index is 10.1. The smallest absolute Gasteiger partial charge is 0.212 e. The first-order chi connectivity index (χ1) is 37.0. The Morgan fingerprint density at radius 2 is 1.21 bits per heavy atom. The third-order valence-corrected chi connectivity index (χ3v) is 14.5. The Balaban J connectivity index is 0.000000145. The van der Waals surface area contributed by atoms with E-state index < -0.39 is 11.2 Å². The van der Waals surface area contributed by atoms with Crippen molar-refractivity contribution in [2.24, 2.45) is 0 Å². The number of pyridine rings is 4. The van der Waals surface area contributed by atoms with E-state index in [4.69, 9.17) is 29.3 Å².